The first kappa shape index (κ1) is 14.4. The van der Waals surface area contributed by atoms with Gasteiger partial charge in [0.15, 0.2) is 0 Å². The molecule has 3 heteroatoms. The molecule has 1 amide bonds. The Morgan fingerprint density at radius 1 is 1.33 bits per heavy atom. The SMILES string of the molecule is CCC(CC(=O)N(CC)CCO)C(C)C. The fraction of sp³-hybridized carbons (Fsp3) is 0.917. The van der Waals surface area contributed by atoms with Crippen LogP contribution in [0.3, 0.4) is 0 Å². The maximum Gasteiger partial charge on any atom is 0.222 e. The molecule has 0 rings (SSSR count). The summed E-state index contributed by atoms with van der Waals surface area (Å²) in [5.41, 5.74) is 0. The van der Waals surface area contributed by atoms with Crippen LogP contribution < -0.4 is 0 Å². The monoisotopic (exact) mass is 215 g/mol. The second kappa shape index (κ2) is 7.69. The molecule has 1 N–H and O–H groups in total. The minimum absolute atomic E-state index is 0.0536. The molecule has 0 aromatic heterocycles. The van der Waals surface area contributed by atoms with Crippen molar-refractivity contribution in [1.29, 1.82) is 0 Å². The molecule has 0 saturated carbocycles. The molecule has 0 bridgehead atoms. The van der Waals surface area contributed by atoms with Crippen LogP contribution in [0.15, 0.2) is 0 Å². The zero-order chi connectivity index (χ0) is 11.8. The number of aliphatic hydroxyl groups is 1. The second-order valence-electron chi connectivity index (χ2n) is 4.31. The van der Waals surface area contributed by atoms with E-state index in [1.807, 2.05) is 6.92 Å². The highest BCUT2D eigenvalue weighted by atomic mass is 16.3. The summed E-state index contributed by atoms with van der Waals surface area (Å²) in [4.78, 5) is 13.6. The van der Waals surface area contributed by atoms with Gasteiger partial charge in [0, 0.05) is 19.5 Å². The fourth-order valence-electron chi connectivity index (χ4n) is 1.78. The van der Waals surface area contributed by atoms with E-state index in [2.05, 4.69) is 20.8 Å². The first-order valence-corrected chi connectivity index (χ1v) is 5.95. The largest absolute Gasteiger partial charge is 0.395 e. The molecule has 0 aliphatic rings. The van der Waals surface area contributed by atoms with Crippen molar-refractivity contribution in [1.82, 2.24) is 4.90 Å². The van der Waals surface area contributed by atoms with Crippen LogP contribution in [0.4, 0.5) is 0 Å². The van der Waals surface area contributed by atoms with Crippen molar-refractivity contribution < 1.29 is 9.90 Å². The van der Waals surface area contributed by atoms with Gasteiger partial charge in [0.2, 0.25) is 5.91 Å². The van der Waals surface area contributed by atoms with E-state index in [0.29, 0.717) is 31.3 Å². The first-order chi connectivity index (χ1) is 7.06. The van der Waals surface area contributed by atoms with E-state index in [9.17, 15) is 4.79 Å². The summed E-state index contributed by atoms with van der Waals surface area (Å²) in [5, 5.41) is 8.82. The molecule has 0 aliphatic heterocycles. The van der Waals surface area contributed by atoms with Gasteiger partial charge in [-0.15, -0.1) is 0 Å². The third-order valence-electron chi connectivity index (χ3n) is 3.01. The normalized spacial score (nSPS) is 12.9. The van der Waals surface area contributed by atoms with Crippen molar-refractivity contribution in [2.75, 3.05) is 19.7 Å². The van der Waals surface area contributed by atoms with Gasteiger partial charge in [-0.2, -0.15) is 0 Å². The minimum Gasteiger partial charge on any atom is -0.395 e. The van der Waals surface area contributed by atoms with Gasteiger partial charge >= 0.3 is 0 Å². The highest BCUT2D eigenvalue weighted by Crippen LogP contribution is 2.19. The molecule has 1 unspecified atom stereocenters. The van der Waals surface area contributed by atoms with Gasteiger partial charge < -0.3 is 10.0 Å². The van der Waals surface area contributed by atoms with Gasteiger partial charge in [0.1, 0.15) is 0 Å². The van der Waals surface area contributed by atoms with E-state index in [-0.39, 0.29) is 12.5 Å². The summed E-state index contributed by atoms with van der Waals surface area (Å²) >= 11 is 0. The van der Waals surface area contributed by atoms with Gasteiger partial charge in [-0.05, 0) is 18.8 Å². The minimum atomic E-state index is 0.0536. The van der Waals surface area contributed by atoms with Crippen LogP contribution in [0.5, 0.6) is 0 Å². The lowest BCUT2D eigenvalue weighted by Gasteiger charge is -2.24. The summed E-state index contributed by atoms with van der Waals surface area (Å²) < 4.78 is 0. The number of nitrogens with zero attached hydrogens (tertiary/aromatic N) is 1. The van der Waals surface area contributed by atoms with Gasteiger partial charge in [0.25, 0.3) is 0 Å². The molecular formula is C12H25NO2. The van der Waals surface area contributed by atoms with E-state index in [1.165, 1.54) is 0 Å². The Bertz CT molecular complexity index is 180. The number of likely N-dealkylation sites (N-methyl/N-ethyl adjacent to an activating group) is 1. The Hall–Kier alpha value is -0.570. The van der Waals surface area contributed by atoms with Crippen LogP contribution in [-0.4, -0.2) is 35.6 Å². The summed E-state index contributed by atoms with van der Waals surface area (Å²) in [5.74, 6) is 1.18. The van der Waals surface area contributed by atoms with Crippen molar-refractivity contribution in [2.45, 2.75) is 40.5 Å². The Kier molecular flexibility index (Phi) is 7.39. The molecular weight excluding hydrogens is 190 g/mol. The smallest absolute Gasteiger partial charge is 0.222 e. The average molecular weight is 215 g/mol. The number of carbonyl (C=O) groups is 1. The molecule has 0 aromatic rings. The average Bonchev–Trinajstić information content (AvgIpc) is 2.21. The van der Waals surface area contributed by atoms with E-state index in [4.69, 9.17) is 5.11 Å². The van der Waals surface area contributed by atoms with Crippen molar-refractivity contribution in [3.8, 4) is 0 Å². The molecule has 0 saturated heterocycles. The van der Waals surface area contributed by atoms with Crippen LogP contribution >= 0.6 is 0 Å². The molecule has 1 atom stereocenters. The summed E-state index contributed by atoms with van der Waals surface area (Å²) in [6, 6.07) is 0. The van der Waals surface area contributed by atoms with Crippen LogP contribution in [0.25, 0.3) is 0 Å². The molecule has 3 nitrogen and oxygen atoms in total. The first-order valence-electron chi connectivity index (χ1n) is 5.95. The fourth-order valence-corrected chi connectivity index (χ4v) is 1.78. The number of rotatable bonds is 7. The topological polar surface area (TPSA) is 40.5 Å². The number of aliphatic hydroxyl groups excluding tert-OH is 1. The van der Waals surface area contributed by atoms with Crippen molar-refractivity contribution in [3.05, 3.63) is 0 Å². The molecule has 0 aromatic carbocycles. The molecule has 90 valence electrons. The van der Waals surface area contributed by atoms with E-state index in [0.717, 1.165) is 6.42 Å². The van der Waals surface area contributed by atoms with Crippen molar-refractivity contribution >= 4 is 5.91 Å². The van der Waals surface area contributed by atoms with E-state index >= 15 is 0 Å². The Balaban J connectivity index is 4.18. The predicted molar refractivity (Wildman–Crippen MR) is 62.6 cm³/mol. The van der Waals surface area contributed by atoms with Gasteiger partial charge in [-0.1, -0.05) is 27.2 Å². The lowest BCUT2D eigenvalue weighted by Crippen LogP contribution is -2.35. The molecule has 0 radical (unpaired) electrons. The zero-order valence-corrected chi connectivity index (χ0v) is 10.5. The second-order valence-corrected chi connectivity index (χ2v) is 4.31. The highest BCUT2D eigenvalue weighted by Gasteiger charge is 2.18. The van der Waals surface area contributed by atoms with Crippen LogP contribution in [0.1, 0.15) is 40.5 Å². The number of carbonyl (C=O) groups excluding carboxylic acids is 1. The number of hydrogen-bond acceptors (Lipinski definition) is 2. The van der Waals surface area contributed by atoms with Crippen LogP contribution in [0.2, 0.25) is 0 Å². The van der Waals surface area contributed by atoms with Crippen LogP contribution in [-0.2, 0) is 4.79 Å². The van der Waals surface area contributed by atoms with Crippen molar-refractivity contribution in [3.63, 3.8) is 0 Å². The Morgan fingerprint density at radius 3 is 2.27 bits per heavy atom. The third kappa shape index (κ3) is 5.17. The van der Waals surface area contributed by atoms with Gasteiger partial charge in [-0.3, -0.25) is 4.79 Å². The highest BCUT2D eigenvalue weighted by molar-refractivity contribution is 5.76. The van der Waals surface area contributed by atoms with Crippen LogP contribution in [0, 0.1) is 11.8 Å². The summed E-state index contributed by atoms with van der Waals surface area (Å²) in [6.07, 6.45) is 1.65. The maximum absolute atomic E-state index is 11.9. The maximum atomic E-state index is 11.9. The van der Waals surface area contributed by atoms with Gasteiger partial charge in [0.05, 0.1) is 6.61 Å². The molecule has 0 aliphatic carbocycles. The standard InChI is InChI=1S/C12H25NO2/c1-5-11(10(3)4)9-12(15)13(6-2)7-8-14/h10-11,14H,5-9H2,1-4H3. The molecule has 0 heterocycles. The molecule has 0 fully saturated rings. The Labute approximate surface area is 93.5 Å². The van der Waals surface area contributed by atoms with Crippen molar-refractivity contribution in [2.24, 2.45) is 11.8 Å². The van der Waals surface area contributed by atoms with E-state index < -0.39 is 0 Å². The number of hydrogen-bond donors (Lipinski definition) is 1. The molecule has 15 heavy (non-hydrogen) atoms. The summed E-state index contributed by atoms with van der Waals surface area (Å²) in [7, 11) is 0. The lowest BCUT2D eigenvalue weighted by molar-refractivity contribution is -0.132. The lowest BCUT2D eigenvalue weighted by atomic mass is 9.90. The Morgan fingerprint density at radius 2 is 1.93 bits per heavy atom. The number of amides is 1. The third-order valence-corrected chi connectivity index (χ3v) is 3.01. The zero-order valence-electron chi connectivity index (χ0n) is 10.5. The summed E-state index contributed by atoms with van der Waals surface area (Å²) in [6.45, 7) is 9.59. The van der Waals surface area contributed by atoms with E-state index in [1.54, 1.807) is 4.90 Å². The quantitative estimate of drug-likeness (QED) is 0.704. The van der Waals surface area contributed by atoms with Gasteiger partial charge in [-0.25, -0.2) is 0 Å². The predicted octanol–water partition coefficient (Wildman–Crippen LogP) is 1.90. The molecule has 0 spiro atoms.